The number of thiophene rings is 1. The van der Waals surface area contributed by atoms with Crippen molar-refractivity contribution in [2.45, 2.75) is 25.8 Å². The lowest BCUT2D eigenvalue weighted by atomic mass is 10.1. The van der Waals surface area contributed by atoms with Crippen LogP contribution in [0.1, 0.15) is 29.8 Å². The van der Waals surface area contributed by atoms with E-state index in [1.165, 1.54) is 4.88 Å². The third-order valence-corrected chi connectivity index (χ3v) is 5.21. The molecule has 0 aliphatic heterocycles. The monoisotopic (exact) mass is 358 g/mol. The van der Waals surface area contributed by atoms with Crippen molar-refractivity contribution in [1.82, 2.24) is 10.3 Å². The summed E-state index contributed by atoms with van der Waals surface area (Å²) >= 11 is 11.6. The van der Waals surface area contributed by atoms with Crippen LogP contribution >= 0.6 is 38.9 Å². The summed E-state index contributed by atoms with van der Waals surface area (Å²) in [6.07, 6.45) is 5.49. The minimum absolute atomic E-state index is 0.286. The van der Waals surface area contributed by atoms with Gasteiger partial charge >= 0.3 is 0 Å². The molecule has 0 radical (unpaired) electrons. The highest BCUT2D eigenvalue weighted by atomic mass is 79.9. The molecule has 102 valence electrons. The Kier molecular flexibility index (Phi) is 5.82. The molecular formula is C14H16BrClN2S. The Labute approximate surface area is 131 Å². The Balaban J connectivity index is 2.19. The van der Waals surface area contributed by atoms with Crippen LogP contribution in [-0.2, 0) is 6.42 Å². The summed E-state index contributed by atoms with van der Waals surface area (Å²) in [6.45, 7) is 3.17. The molecule has 2 aromatic heterocycles. The maximum absolute atomic E-state index is 6.20. The second kappa shape index (κ2) is 7.39. The molecule has 2 rings (SSSR count). The van der Waals surface area contributed by atoms with E-state index in [0.717, 1.165) is 34.4 Å². The standard InChI is InChI=1S/C14H16BrClN2S/c1-2-5-18-13(14-11(15)4-7-19-14)8-10-3-6-17-9-12(10)16/h3-4,6-7,9,13,18H,2,5,8H2,1H3. The summed E-state index contributed by atoms with van der Waals surface area (Å²) in [5.41, 5.74) is 1.13. The second-order valence-electron chi connectivity index (χ2n) is 4.31. The summed E-state index contributed by atoms with van der Waals surface area (Å²) in [4.78, 5) is 5.36. The van der Waals surface area contributed by atoms with Gasteiger partial charge in [0.2, 0.25) is 0 Å². The normalized spacial score (nSPS) is 12.6. The van der Waals surface area contributed by atoms with E-state index >= 15 is 0 Å². The number of hydrogen-bond acceptors (Lipinski definition) is 3. The largest absolute Gasteiger partial charge is 0.309 e. The van der Waals surface area contributed by atoms with Crippen molar-refractivity contribution in [2.24, 2.45) is 0 Å². The molecule has 0 spiro atoms. The molecular weight excluding hydrogens is 344 g/mol. The fourth-order valence-electron chi connectivity index (χ4n) is 1.92. The van der Waals surface area contributed by atoms with Crippen LogP contribution in [0.4, 0.5) is 0 Å². The van der Waals surface area contributed by atoms with Gasteiger partial charge in [-0.3, -0.25) is 4.98 Å². The van der Waals surface area contributed by atoms with Crippen LogP contribution in [0.3, 0.4) is 0 Å². The third-order valence-electron chi connectivity index (χ3n) is 2.88. The molecule has 1 unspecified atom stereocenters. The van der Waals surface area contributed by atoms with Gasteiger partial charge in [-0.25, -0.2) is 0 Å². The van der Waals surface area contributed by atoms with Crippen LogP contribution in [0, 0.1) is 0 Å². The average Bonchev–Trinajstić information content (AvgIpc) is 2.83. The van der Waals surface area contributed by atoms with Gasteiger partial charge in [-0.15, -0.1) is 11.3 Å². The molecule has 5 heteroatoms. The van der Waals surface area contributed by atoms with Crippen molar-refractivity contribution >= 4 is 38.9 Å². The molecule has 19 heavy (non-hydrogen) atoms. The number of hydrogen-bond donors (Lipinski definition) is 1. The van der Waals surface area contributed by atoms with Gasteiger partial charge in [0.05, 0.1) is 5.02 Å². The first-order chi connectivity index (χ1) is 9.22. The van der Waals surface area contributed by atoms with Crippen LogP contribution in [0.5, 0.6) is 0 Å². The Hall–Kier alpha value is -0.420. The van der Waals surface area contributed by atoms with Gasteiger partial charge in [-0.05, 0) is 58.4 Å². The van der Waals surface area contributed by atoms with E-state index in [0.29, 0.717) is 0 Å². The van der Waals surface area contributed by atoms with Crippen molar-refractivity contribution in [3.05, 3.63) is 49.8 Å². The van der Waals surface area contributed by atoms with Gasteiger partial charge in [0, 0.05) is 27.8 Å². The molecule has 0 aliphatic rings. The van der Waals surface area contributed by atoms with Gasteiger partial charge < -0.3 is 5.32 Å². The molecule has 0 saturated carbocycles. The first-order valence-electron chi connectivity index (χ1n) is 6.27. The molecule has 1 atom stereocenters. The number of nitrogens with zero attached hydrogens (tertiary/aromatic N) is 1. The van der Waals surface area contributed by atoms with Crippen LogP contribution in [0.2, 0.25) is 5.02 Å². The predicted molar refractivity (Wildman–Crippen MR) is 86.0 cm³/mol. The zero-order chi connectivity index (χ0) is 13.7. The molecule has 0 bridgehead atoms. The molecule has 0 amide bonds. The Bertz CT molecular complexity index is 530. The van der Waals surface area contributed by atoms with Gasteiger partial charge in [0.1, 0.15) is 0 Å². The first-order valence-corrected chi connectivity index (χ1v) is 8.32. The predicted octanol–water partition coefficient (Wildman–Crippen LogP) is 4.84. The quantitative estimate of drug-likeness (QED) is 0.798. The van der Waals surface area contributed by atoms with E-state index in [9.17, 15) is 0 Å². The van der Waals surface area contributed by atoms with E-state index in [-0.39, 0.29) is 6.04 Å². The minimum Gasteiger partial charge on any atom is -0.309 e. The van der Waals surface area contributed by atoms with Gasteiger partial charge in [0.25, 0.3) is 0 Å². The number of nitrogens with one attached hydrogen (secondary N) is 1. The molecule has 2 aromatic rings. The molecule has 1 N–H and O–H groups in total. The maximum atomic E-state index is 6.20. The molecule has 0 saturated heterocycles. The summed E-state index contributed by atoms with van der Waals surface area (Å²) in [6, 6.07) is 4.37. The van der Waals surface area contributed by atoms with E-state index in [1.54, 1.807) is 23.7 Å². The van der Waals surface area contributed by atoms with Gasteiger partial charge in [0.15, 0.2) is 0 Å². The summed E-state index contributed by atoms with van der Waals surface area (Å²) in [7, 11) is 0. The Morgan fingerprint density at radius 3 is 2.95 bits per heavy atom. The number of rotatable bonds is 6. The molecule has 2 heterocycles. The SMILES string of the molecule is CCCNC(Cc1ccncc1Cl)c1sccc1Br. The number of halogens is 2. The van der Waals surface area contributed by atoms with Crippen molar-refractivity contribution in [3.63, 3.8) is 0 Å². The lowest BCUT2D eigenvalue weighted by Crippen LogP contribution is -2.23. The number of pyridine rings is 1. The van der Waals surface area contributed by atoms with E-state index < -0.39 is 0 Å². The van der Waals surface area contributed by atoms with E-state index in [2.05, 4.69) is 44.6 Å². The zero-order valence-corrected chi connectivity index (χ0v) is 13.9. The lowest BCUT2D eigenvalue weighted by molar-refractivity contribution is 0.535. The highest BCUT2D eigenvalue weighted by Crippen LogP contribution is 2.32. The molecule has 0 aromatic carbocycles. The summed E-state index contributed by atoms with van der Waals surface area (Å²) in [5.74, 6) is 0. The highest BCUT2D eigenvalue weighted by molar-refractivity contribution is 9.10. The molecule has 0 aliphatic carbocycles. The van der Waals surface area contributed by atoms with Gasteiger partial charge in [-0.2, -0.15) is 0 Å². The number of aromatic nitrogens is 1. The van der Waals surface area contributed by atoms with Crippen molar-refractivity contribution in [1.29, 1.82) is 0 Å². The van der Waals surface area contributed by atoms with Crippen molar-refractivity contribution in [3.8, 4) is 0 Å². The lowest BCUT2D eigenvalue weighted by Gasteiger charge is -2.18. The smallest absolute Gasteiger partial charge is 0.0622 e. The fourth-order valence-corrected chi connectivity index (χ4v) is 3.84. The van der Waals surface area contributed by atoms with Crippen LogP contribution in [0.15, 0.2) is 34.4 Å². The van der Waals surface area contributed by atoms with Crippen LogP contribution in [-0.4, -0.2) is 11.5 Å². The summed E-state index contributed by atoms with van der Waals surface area (Å²) < 4.78 is 1.16. The van der Waals surface area contributed by atoms with Gasteiger partial charge in [-0.1, -0.05) is 18.5 Å². The van der Waals surface area contributed by atoms with Crippen molar-refractivity contribution < 1.29 is 0 Å². The Morgan fingerprint density at radius 2 is 2.32 bits per heavy atom. The van der Waals surface area contributed by atoms with Crippen molar-refractivity contribution in [2.75, 3.05) is 6.54 Å². The third kappa shape index (κ3) is 4.02. The van der Waals surface area contributed by atoms with E-state index in [4.69, 9.17) is 11.6 Å². The fraction of sp³-hybridized carbons (Fsp3) is 0.357. The maximum Gasteiger partial charge on any atom is 0.0622 e. The highest BCUT2D eigenvalue weighted by Gasteiger charge is 2.17. The Morgan fingerprint density at radius 1 is 1.47 bits per heavy atom. The minimum atomic E-state index is 0.286. The van der Waals surface area contributed by atoms with E-state index in [1.807, 2.05) is 6.07 Å². The zero-order valence-electron chi connectivity index (χ0n) is 10.7. The molecule has 2 nitrogen and oxygen atoms in total. The van der Waals surface area contributed by atoms with Crippen LogP contribution in [0.25, 0.3) is 0 Å². The molecule has 0 fully saturated rings. The second-order valence-corrected chi connectivity index (χ2v) is 6.52. The first kappa shape index (κ1) is 15.0. The topological polar surface area (TPSA) is 24.9 Å². The average molecular weight is 360 g/mol. The van der Waals surface area contributed by atoms with Crippen LogP contribution < -0.4 is 5.32 Å². The summed E-state index contributed by atoms with van der Waals surface area (Å²) in [5, 5.41) is 6.43.